The Hall–Kier alpha value is -1.53. The van der Waals surface area contributed by atoms with Gasteiger partial charge in [0.1, 0.15) is 5.82 Å². The number of anilines is 2. The molecule has 0 radical (unpaired) electrons. The molecule has 0 aliphatic heterocycles. The van der Waals surface area contributed by atoms with Crippen LogP contribution in [0.25, 0.3) is 0 Å². The Morgan fingerprint density at radius 1 is 1.17 bits per heavy atom. The first kappa shape index (κ1) is 14.5. The molecular formula is C11H17F3N4. The minimum Gasteiger partial charge on any atom is -0.357 e. The molecule has 1 aromatic heterocycles. The summed E-state index contributed by atoms with van der Waals surface area (Å²) in [6.07, 6.45) is -4.46. The highest BCUT2D eigenvalue weighted by Crippen LogP contribution is 2.30. The Morgan fingerprint density at radius 3 is 2.22 bits per heavy atom. The summed E-state index contributed by atoms with van der Waals surface area (Å²) in [6.45, 7) is 7.17. The second kappa shape index (κ2) is 5.88. The molecule has 0 fully saturated rings. The van der Waals surface area contributed by atoms with Crippen molar-refractivity contribution in [3.05, 3.63) is 11.8 Å². The summed E-state index contributed by atoms with van der Waals surface area (Å²) in [5.41, 5.74) is -0.921. The Morgan fingerprint density at radius 2 is 1.78 bits per heavy atom. The minimum atomic E-state index is -4.46. The lowest BCUT2D eigenvalue weighted by atomic mass is 10.3. The third kappa shape index (κ3) is 3.48. The molecule has 0 aromatic carbocycles. The molecule has 0 atom stereocenters. The van der Waals surface area contributed by atoms with Gasteiger partial charge in [-0.05, 0) is 20.8 Å². The second-order valence-corrected chi connectivity index (χ2v) is 3.64. The van der Waals surface area contributed by atoms with Crippen LogP contribution >= 0.6 is 0 Å². The van der Waals surface area contributed by atoms with Gasteiger partial charge in [-0.15, -0.1) is 0 Å². The molecule has 0 spiro atoms. The summed E-state index contributed by atoms with van der Waals surface area (Å²) >= 11 is 0. The zero-order chi connectivity index (χ0) is 13.8. The maximum Gasteiger partial charge on any atom is 0.433 e. The normalized spacial score (nSPS) is 11.4. The fraction of sp³-hybridized carbons (Fsp3) is 0.636. The zero-order valence-corrected chi connectivity index (χ0v) is 10.7. The van der Waals surface area contributed by atoms with E-state index in [1.165, 1.54) is 0 Å². The molecule has 0 saturated heterocycles. The third-order valence-corrected chi connectivity index (χ3v) is 2.43. The number of rotatable bonds is 5. The van der Waals surface area contributed by atoms with Gasteiger partial charge in [0.25, 0.3) is 0 Å². The first-order valence-corrected chi connectivity index (χ1v) is 5.87. The minimum absolute atomic E-state index is 0.00854. The van der Waals surface area contributed by atoms with Crippen molar-refractivity contribution in [2.45, 2.75) is 26.9 Å². The number of halogens is 3. The Kier molecular flexibility index (Phi) is 4.75. The zero-order valence-electron chi connectivity index (χ0n) is 10.7. The molecule has 1 N–H and O–H groups in total. The standard InChI is InChI=1S/C11H17F3N4/c1-4-15-10-16-8(11(12,13)14)7-9(17-10)18(5-2)6-3/h7H,4-6H2,1-3H3,(H,15,16,17). The van der Waals surface area contributed by atoms with Crippen LogP contribution in [0.4, 0.5) is 24.9 Å². The number of hydrogen-bond donors (Lipinski definition) is 1. The lowest BCUT2D eigenvalue weighted by molar-refractivity contribution is -0.141. The summed E-state index contributed by atoms with van der Waals surface area (Å²) in [5, 5.41) is 2.71. The van der Waals surface area contributed by atoms with Crippen LogP contribution in [0.1, 0.15) is 26.5 Å². The van der Waals surface area contributed by atoms with Gasteiger partial charge < -0.3 is 10.2 Å². The van der Waals surface area contributed by atoms with Gasteiger partial charge in [-0.25, -0.2) is 4.98 Å². The molecule has 0 aliphatic rings. The van der Waals surface area contributed by atoms with Gasteiger partial charge in [0.15, 0.2) is 5.69 Å². The van der Waals surface area contributed by atoms with Crippen molar-refractivity contribution < 1.29 is 13.2 Å². The fourth-order valence-electron chi connectivity index (χ4n) is 1.53. The molecule has 0 amide bonds. The average Bonchev–Trinajstić information content (AvgIpc) is 2.29. The molecule has 0 bridgehead atoms. The van der Waals surface area contributed by atoms with E-state index in [4.69, 9.17) is 0 Å². The van der Waals surface area contributed by atoms with Crippen molar-refractivity contribution in [1.29, 1.82) is 0 Å². The van der Waals surface area contributed by atoms with Crippen molar-refractivity contribution in [3.8, 4) is 0 Å². The highest BCUT2D eigenvalue weighted by molar-refractivity contribution is 5.45. The van der Waals surface area contributed by atoms with Crippen LogP contribution in [0.2, 0.25) is 0 Å². The first-order chi connectivity index (χ1) is 8.42. The van der Waals surface area contributed by atoms with E-state index in [1.807, 2.05) is 13.8 Å². The Balaban J connectivity index is 3.21. The Labute approximate surface area is 104 Å². The molecule has 18 heavy (non-hydrogen) atoms. The molecule has 0 unspecified atom stereocenters. The molecule has 4 nitrogen and oxygen atoms in total. The van der Waals surface area contributed by atoms with E-state index in [0.717, 1.165) is 6.07 Å². The molecular weight excluding hydrogens is 245 g/mol. The number of alkyl halides is 3. The molecule has 102 valence electrons. The third-order valence-electron chi connectivity index (χ3n) is 2.43. The summed E-state index contributed by atoms with van der Waals surface area (Å²) in [7, 11) is 0. The van der Waals surface area contributed by atoms with E-state index in [1.54, 1.807) is 11.8 Å². The lowest BCUT2D eigenvalue weighted by Crippen LogP contribution is -2.25. The number of nitrogens with one attached hydrogen (secondary N) is 1. The summed E-state index contributed by atoms with van der Waals surface area (Å²) in [4.78, 5) is 9.30. The van der Waals surface area contributed by atoms with Gasteiger partial charge in [-0.3, -0.25) is 0 Å². The van der Waals surface area contributed by atoms with Gasteiger partial charge in [-0.2, -0.15) is 18.2 Å². The smallest absolute Gasteiger partial charge is 0.357 e. The fourth-order valence-corrected chi connectivity index (χ4v) is 1.53. The molecule has 7 heteroatoms. The van der Waals surface area contributed by atoms with Crippen LogP contribution < -0.4 is 10.2 Å². The van der Waals surface area contributed by atoms with Gasteiger partial charge >= 0.3 is 6.18 Å². The van der Waals surface area contributed by atoms with E-state index < -0.39 is 11.9 Å². The largest absolute Gasteiger partial charge is 0.433 e. The van der Waals surface area contributed by atoms with Crippen molar-refractivity contribution in [2.24, 2.45) is 0 Å². The average molecular weight is 262 g/mol. The van der Waals surface area contributed by atoms with E-state index in [-0.39, 0.29) is 5.95 Å². The van der Waals surface area contributed by atoms with Crippen LogP contribution in [0.3, 0.4) is 0 Å². The van der Waals surface area contributed by atoms with Crippen molar-refractivity contribution in [1.82, 2.24) is 9.97 Å². The lowest BCUT2D eigenvalue weighted by Gasteiger charge is -2.21. The number of aromatic nitrogens is 2. The predicted octanol–water partition coefficient (Wildman–Crippen LogP) is 2.77. The second-order valence-electron chi connectivity index (χ2n) is 3.64. The predicted molar refractivity (Wildman–Crippen MR) is 64.8 cm³/mol. The number of hydrogen-bond acceptors (Lipinski definition) is 4. The molecule has 1 aromatic rings. The summed E-state index contributed by atoms with van der Waals surface area (Å²) in [6, 6.07) is 0.980. The molecule has 1 rings (SSSR count). The van der Waals surface area contributed by atoms with E-state index in [0.29, 0.717) is 25.5 Å². The number of nitrogens with zero attached hydrogens (tertiary/aromatic N) is 3. The van der Waals surface area contributed by atoms with Crippen LogP contribution in [0, 0.1) is 0 Å². The van der Waals surface area contributed by atoms with E-state index >= 15 is 0 Å². The van der Waals surface area contributed by atoms with Gasteiger partial charge in [0.05, 0.1) is 0 Å². The SMILES string of the molecule is CCNc1nc(N(CC)CC)cc(C(F)(F)F)n1. The van der Waals surface area contributed by atoms with Crippen LogP contribution in [0.5, 0.6) is 0 Å². The molecule has 0 aliphatic carbocycles. The highest BCUT2D eigenvalue weighted by Gasteiger charge is 2.34. The van der Waals surface area contributed by atoms with Gasteiger partial charge in [0, 0.05) is 25.7 Å². The summed E-state index contributed by atoms with van der Waals surface area (Å²) < 4.78 is 38.2. The maximum absolute atomic E-state index is 12.7. The monoisotopic (exact) mass is 262 g/mol. The van der Waals surface area contributed by atoms with E-state index in [2.05, 4.69) is 15.3 Å². The van der Waals surface area contributed by atoms with Crippen LogP contribution in [0.15, 0.2) is 6.07 Å². The first-order valence-electron chi connectivity index (χ1n) is 5.87. The van der Waals surface area contributed by atoms with E-state index in [9.17, 15) is 13.2 Å². The topological polar surface area (TPSA) is 41.1 Å². The van der Waals surface area contributed by atoms with Crippen molar-refractivity contribution >= 4 is 11.8 Å². The summed E-state index contributed by atoms with van der Waals surface area (Å²) in [5.74, 6) is 0.299. The van der Waals surface area contributed by atoms with Crippen LogP contribution in [-0.4, -0.2) is 29.6 Å². The van der Waals surface area contributed by atoms with Gasteiger partial charge in [0.2, 0.25) is 5.95 Å². The Bertz CT molecular complexity index is 388. The highest BCUT2D eigenvalue weighted by atomic mass is 19.4. The maximum atomic E-state index is 12.7. The molecule has 0 saturated carbocycles. The van der Waals surface area contributed by atoms with Crippen molar-refractivity contribution in [3.63, 3.8) is 0 Å². The van der Waals surface area contributed by atoms with Crippen LogP contribution in [-0.2, 0) is 6.18 Å². The quantitative estimate of drug-likeness (QED) is 0.886. The van der Waals surface area contributed by atoms with Crippen molar-refractivity contribution in [2.75, 3.05) is 29.9 Å². The molecule has 1 heterocycles. The van der Waals surface area contributed by atoms with Gasteiger partial charge in [-0.1, -0.05) is 0 Å².